The second kappa shape index (κ2) is 13.4. The molecule has 1 aromatic carbocycles. The molecule has 0 aliphatic heterocycles. The standard InChI is InChI=1S/C26H41NO8/c1-18(27(23(29)34-25(3,4)5)24(30)35-26(6,7)8)22(28)33-19(2)21(15-16-31-9)32-17-20-13-11-10-12-14-20/h10-14,18-19,21H,15-17H2,1-9H3/t18-,19?,21+/m0/s1. The first-order chi connectivity index (χ1) is 16.1. The van der Waals surface area contributed by atoms with Crippen molar-refractivity contribution in [3.05, 3.63) is 35.9 Å². The second-order valence-electron chi connectivity index (χ2n) is 10.3. The summed E-state index contributed by atoms with van der Waals surface area (Å²) in [5.41, 5.74) is -0.793. The van der Waals surface area contributed by atoms with Crippen molar-refractivity contribution in [2.45, 2.75) is 97.9 Å². The minimum absolute atomic E-state index is 0.328. The Hall–Kier alpha value is -2.65. The summed E-state index contributed by atoms with van der Waals surface area (Å²) in [5, 5.41) is 0. The summed E-state index contributed by atoms with van der Waals surface area (Å²) in [6.45, 7) is 13.8. The van der Waals surface area contributed by atoms with Gasteiger partial charge in [0.15, 0.2) is 0 Å². The van der Waals surface area contributed by atoms with E-state index in [0.29, 0.717) is 24.5 Å². The summed E-state index contributed by atoms with van der Waals surface area (Å²) < 4.78 is 27.5. The van der Waals surface area contributed by atoms with E-state index in [9.17, 15) is 14.4 Å². The third-order valence-corrected chi connectivity index (χ3v) is 4.65. The summed E-state index contributed by atoms with van der Waals surface area (Å²) in [4.78, 5) is 39.3. The van der Waals surface area contributed by atoms with E-state index in [1.54, 1.807) is 55.6 Å². The Morgan fingerprint density at radius 3 is 1.86 bits per heavy atom. The molecule has 0 heterocycles. The Bertz CT molecular complexity index is 785. The van der Waals surface area contributed by atoms with Crippen molar-refractivity contribution in [3.8, 4) is 0 Å². The van der Waals surface area contributed by atoms with E-state index in [-0.39, 0.29) is 0 Å². The Morgan fingerprint density at radius 2 is 1.40 bits per heavy atom. The van der Waals surface area contributed by atoms with Crippen molar-refractivity contribution < 1.29 is 38.1 Å². The molecule has 0 bridgehead atoms. The average Bonchev–Trinajstić information content (AvgIpc) is 2.71. The van der Waals surface area contributed by atoms with Crippen LogP contribution in [-0.4, -0.2) is 66.2 Å². The molecule has 3 atom stereocenters. The number of hydrogen-bond acceptors (Lipinski definition) is 8. The van der Waals surface area contributed by atoms with E-state index in [0.717, 1.165) is 5.56 Å². The van der Waals surface area contributed by atoms with Gasteiger partial charge in [-0.15, -0.1) is 0 Å². The number of amides is 2. The zero-order valence-electron chi connectivity index (χ0n) is 22.5. The first kappa shape index (κ1) is 30.4. The normalized spacial score (nSPS) is 14.4. The predicted octanol–water partition coefficient (Wildman–Crippen LogP) is 5.10. The SMILES string of the molecule is COCC[C@@H](OCc1ccccc1)C(C)OC(=O)[C@H](C)N(C(=O)OC(C)(C)C)C(=O)OC(C)(C)C. The van der Waals surface area contributed by atoms with Crippen molar-refractivity contribution in [3.63, 3.8) is 0 Å². The number of rotatable bonds is 10. The maximum atomic E-state index is 13.0. The topological polar surface area (TPSA) is 101 Å². The molecule has 1 unspecified atom stereocenters. The van der Waals surface area contributed by atoms with Gasteiger partial charge in [-0.2, -0.15) is 4.90 Å². The van der Waals surface area contributed by atoms with Gasteiger partial charge in [-0.25, -0.2) is 14.4 Å². The van der Waals surface area contributed by atoms with Gasteiger partial charge in [0, 0.05) is 20.1 Å². The van der Waals surface area contributed by atoms with E-state index in [2.05, 4.69) is 0 Å². The molecule has 0 saturated carbocycles. The molecule has 198 valence electrons. The molecule has 2 amide bonds. The first-order valence-corrected chi connectivity index (χ1v) is 11.7. The smallest absolute Gasteiger partial charge is 0.420 e. The number of imide groups is 1. The number of hydrogen-bond donors (Lipinski definition) is 0. The molecule has 1 rings (SSSR count). The monoisotopic (exact) mass is 495 g/mol. The van der Waals surface area contributed by atoms with Crippen LogP contribution in [0.4, 0.5) is 9.59 Å². The number of carbonyl (C=O) groups is 3. The first-order valence-electron chi connectivity index (χ1n) is 11.7. The van der Waals surface area contributed by atoms with Gasteiger partial charge in [0.2, 0.25) is 0 Å². The molecule has 0 aromatic heterocycles. The van der Waals surface area contributed by atoms with Crippen LogP contribution in [0.25, 0.3) is 0 Å². The highest BCUT2D eigenvalue weighted by molar-refractivity contribution is 5.94. The Labute approximate surface area is 209 Å². The summed E-state index contributed by atoms with van der Waals surface area (Å²) in [6, 6.07) is 8.32. The van der Waals surface area contributed by atoms with Crippen molar-refractivity contribution in [1.29, 1.82) is 0 Å². The third-order valence-electron chi connectivity index (χ3n) is 4.65. The van der Waals surface area contributed by atoms with Crippen LogP contribution in [0.2, 0.25) is 0 Å². The summed E-state index contributed by atoms with van der Waals surface area (Å²) in [6.07, 6.45) is -2.67. The minimum Gasteiger partial charge on any atom is -0.458 e. The van der Waals surface area contributed by atoms with Crippen LogP contribution in [0.3, 0.4) is 0 Å². The molecule has 0 aliphatic carbocycles. The molecule has 0 spiro atoms. The molecule has 0 fully saturated rings. The Kier molecular flexibility index (Phi) is 11.7. The lowest BCUT2D eigenvalue weighted by atomic mass is 10.1. The van der Waals surface area contributed by atoms with Gasteiger partial charge in [0.25, 0.3) is 0 Å². The average molecular weight is 496 g/mol. The zero-order valence-corrected chi connectivity index (χ0v) is 22.5. The van der Waals surface area contributed by atoms with Crippen LogP contribution >= 0.6 is 0 Å². The fourth-order valence-corrected chi connectivity index (χ4v) is 2.94. The van der Waals surface area contributed by atoms with Gasteiger partial charge in [-0.1, -0.05) is 30.3 Å². The number of ether oxygens (including phenoxy) is 5. The highest BCUT2D eigenvalue weighted by Gasteiger charge is 2.39. The van der Waals surface area contributed by atoms with Gasteiger partial charge < -0.3 is 23.7 Å². The van der Waals surface area contributed by atoms with Gasteiger partial charge >= 0.3 is 18.2 Å². The molecule has 0 radical (unpaired) electrons. The molecule has 0 aliphatic rings. The lowest BCUT2D eigenvalue weighted by Crippen LogP contribution is -2.52. The van der Waals surface area contributed by atoms with Gasteiger partial charge in [0.05, 0.1) is 12.7 Å². The summed E-state index contributed by atoms with van der Waals surface area (Å²) in [5.74, 6) is -0.792. The van der Waals surface area contributed by atoms with E-state index in [4.69, 9.17) is 23.7 Å². The Balaban J connectivity index is 2.98. The number of esters is 1. The van der Waals surface area contributed by atoms with Crippen molar-refractivity contribution in [1.82, 2.24) is 4.90 Å². The van der Waals surface area contributed by atoms with Gasteiger partial charge in [-0.3, -0.25) is 0 Å². The quantitative estimate of drug-likeness (QED) is 0.326. The van der Waals surface area contributed by atoms with E-state index in [1.807, 2.05) is 30.3 Å². The van der Waals surface area contributed by atoms with Crippen LogP contribution in [0.5, 0.6) is 0 Å². The highest BCUT2D eigenvalue weighted by atomic mass is 16.6. The maximum Gasteiger partial charge on any atom is 0.420 e. The van der Waals surface area contributed by atoms with E-state index >= 15 is 0 Å². The van der Waals surface area contributed by atoms with Crippen molar-refractivity contribution in [2.24, 2.45) is 0 Å². The van der Waals surface area contributed by atoms with Gasteiger partial charge in [-0.05, 0) is 61.0 Å². The fourth-order valence-electron chi connectivity index (χ4n) is 2.94. The van der Waals surface area contributed by atoms with Crippen molar-refractivity contribution >= 4 is 18.2 Å². The zero-order chi connectivity index (χ0) is 26.8. The summed E-state index contributed by atoms with van der Waals surface area (Å²) in [7, 11) is 1.58. The number of methoxy groups -OCH3 is 1. The largest absolute Gasteiger partial charge is 0.458 e. The minimum atomic E-state index is -1.29. The molecule has 9 heteroatoms. The van der Waals surface area contributed by atoms with Crippen LogP contribution in [0, 0.1) is 0 Å². The number of benzene rings is 1. The molecular formula is C26H41NO8. The van der Waals surface area contributed by atoms with Crippen LogP contribution < -0.4 is 0 Å². The number of nitrogens with zero attached hydrogens (tertiary/aromatic N) is 1. The van der Waals surface area contributed by atoms with Crippen LogP contribution in [-0.2, 0) is 35.1 Å². The summed E-state index contributed by atoms with van der Waals surface area (Å²) >= 11 is 0. The fraction of sp³-hybridized carbons (Fsp3) is 0.654. The lowest BCUT2D eigenvalue weighted by molar-refractivity contribution is -0.163. The van der Waals surface area contributed by atoms with Crippen LogP contribution in [0.1, 0.15) is 67.4 Å². The Morgan fingerprint density at radius 1 is 0.886 bits per heavy atom. The maximum absolute atomic E-state index is 13.0. The lowest BCUT2D eigenvalue weighted by Gasteiger charge is -2.32. The van der Waals surface area contributed by atoms with E-state index < -0.39 is 47.6 Å². The van der Waals surface area contributed by atoms with E-state index in [1.165, 1.54) is 6.92 Å². The number of carbonyl (C=O) groups excluding carboxylic acids is 3. The van der Waals surface area contributed by atoms with Gasteiger partial charge in [0.1, 0.15) is 23.3 Å². The molecule has 35 heavy (non-hydrogen) atoms. The predicted molar refractivity (Wildman–Crippen MR) is 131 cm³/mol. The van der Waals surface area contributed by atoms with Crippen LogP contribution in [0.15, 0.2) is 30.3 Å². The molecular weight excluding hydrogens is 454 g/mol. The highest BCUT2D eigenvalue weighted by Crippen LogP contribution is 2.19. The third kappa shape index (κ3) is 11.6. The molecule has 0 N–H and O–H groups in total. The molecule has 9 nitrogen and oxygen atoms in total. The van der Waals surface area contributed by atoms with Crippen molar-refractivity contribution in [2.75, 3.05) is 13.7 Å². The molecule has 0 saturated heterocycles. The molecule has 1 aromatic rings. The second-order valence-corrected chi connectivity index (χ2v) is 10.3.